The monoisotopic (exact) mass is 355 g/mol. The molecule has 1 heterocycles. The highest BCUT2D eigenvalue weighted by Crippen LogP contribution is 2.44. The van der Waals surface area contributed by atoms with Crippen LogP contribution in [0.5, 0.6) is 0 Å². The molecule has 4 heteroatoms. The molecular formula is C20H15Cl2NO. The van der Waals surface area contributed by atoms with Gasteiger partial charge in [0, 0.05) is 27.8 Å². The molecule has 24 heavy (non-hydrogen) atoms. The minimum absolute atomic E-state index is 0.0116. The van der Waals surface area contributed by atoms with E-state index in [0.717, 1.165) is 27.6 Å². The maximum Gasteiger partial charge on any atom is 0.225 e. The second-order valence-electron chi connectivity index (χ2n) is 6.03. The van der Waals surface area contributed by atoms with Gasteiger partial charge in [0.15, 0.2) is 0 Å². The predicted octanol–water partition coefficient (Wildman–Crippen LogP) is 5.84. The number of benzene rings is 2. The summed E-state index contributed by atoms with van der Waals surface area (Å²) in [5.41, 5.74) is 2.96. The summed E-state index contributed by atoms with van der Waals surface area (Å²) in [6, 6.07) is 12.3. The Hall–Kier alpha value is -2.03. The Bertz CT molecular complexity index is 940. The van der Waals surface area contributed by atoms with E-state index in [1.165, 1.54) is 0 Å². The van der Waals surface area contributed by atoms with Crippen molar-refractivity contribution in [3.63, 3.8) is 0 Å². The van der Waals surface area contributed by atoms with Crippen LogP contribution in [-0.4, -0.2) is 5.91 Å². The number of carbonyl (C=O) groups is 1. The van der Waals surface area contributed by atoms with E-state index < -0.39 is 0 Å². The zero-order valence-corrected chi connectivity index (χ0v) is 14.4. The topological polar surface area (TPSA) is 29.1 Å². The van der Waals surface area contributed by atoms with Gasteiger partial charge in [-0.1, -0.05) is 71.8 Å². The lowest BCUT2D eigenvalue weighted by Crippen LogP contribution is -2.24. The van der Waals surface area contributed by atoms with Crippen molar-refractivity contribution in [2.24, 2.45) is 0 Å². The van der Waals surface area contributed by atoms with E-state index in [4.69, 9.17) is 23.2 Å². The molecule has 1 unspecified atom stereocenters. The Kier molecular flexibility index (Phi) is 3.95. The normalized spacial score (nSPS) is 20.5. The van der Waals surface area contributed by atoms with Gasteiger partial charge in [0.1, 0.15) is 0 Å². The van der Waals surface area contributed by atoms with Crippen LogP contribution in [0.2, 0.25) is 0 Å². The van der Waals surface area contributed by atoms with Gasteiger partial charge in [-0.25, -0.2) is 0 Å². The van der Waals surface area contributed by atoms with E-state index in [1.807, 2.05) is 30.3 Å². The van der Waals surface area contributed by atoms with Gasteiger partial charge in [-0.15, -0.1) is 0 Å². The van der Waals surface area contributed by atoms with Crippen LogP contribution in [0.1, 0.15) is 24.3 Å². The highest BCUT2D eigenvalue weighted by atomic mass is 35.5. The maximum absolute atomic E-state index is 12.3. The molecule has 0 fully saturated rings. The number of fused-ring (bicyclic) bond motifs is 3. The SMILES string of the molecule is O=C1CC(C2=CCC=C(Cl)C=C2Cl)c2ccc3ccccc3c2N1. The van der Waals surface area contributed by atoms with Crippen molar-refractivity contribution >= 4 is 45.6 Å². The predicted molar refractivity (Wildman–Crippen MR) is 101 cm³/mol. The number of hydrogen-bond donors (Lipinski definition) is 1. The Balaban J connectivity index is 1.88. The quantitative estimate of drug-likeness (QED) is 0.683. The lowest BCUT2D eigenvalue weighted by atomic mass is 9.82. The number of amides is 1. The number of allylic oxidation sites excluding steroid dienone is 6. The first kappa shape index (κ1) is 15.5. The average Bonchev–Trinajstić information content (AvgIpc) is 2.74. The lowest BCUT2D eigenvalue weighted by molar-refractivity contribution is -0.116. The third-order valence-corrected chi connectivity index (χ3v) is 5.15. The molecule has 1 aliphatic carbocycles. The van der Waals surface area contributed by atoms with Gasteiger partial charge < -0.3 is 5.32 Å². The first-order valence-electron chi connectivity index (χ1n) is 7.88. The fourth-order valence-corrected chi connectivity index (χ4v) is 4.03. The lowest BCUT2D eigenvalue weighted by Gasteiger charge is -2.28. The fourth-order valence-electron chi connectivity index (χ4n) is 3.45. The number of hydrogen-bond acceptors (Lipinski definition) is 1. The molecule has 1 atom stereocenters. The van der Waals surface area contributed by atoms with Crippen molar-refractivity contribution < 1.29 is 4.79 Å². The Morgan fingerprint density at radius 3 is 2.75 bits per heavy atom. The van der Waals surface area contributed by atoms with Gasteiger partial charge in [0.25, 0.3) is 0 Å². The highest BCUT2D eigenvalue weighted by Gasteiger charge is 2.30. The molecule has 0 saturated heterocycles. The largest absolute Gasteiger partial charge is 0.325 e. The summed E-state index contributed by atoms with van der Waals surface area (Å²) in [5, 5.41) is 6.44. The molecule has 120 valence electrons. The van der Waals surface area contributed by atoms with Crippen molar-refractivity contribution in [2.45, 2.75) is 18.8 Å². The van der Waals surface area contributed by atoms with Gasteiger partial charge in [0.2, 0.25) is 5.91 Å². The van der Waals surface area contributed by atoms with Crippen LogP contribution in [0.3, 0.4) is 0 Å². The third-order valence-electron chi connectivity index (χ3n) is 4.56. The zero-order valence-electron chi connectivity index (χ0n) is 12.9. The first-order chi connectivity index (χ1) is 11.6. The maximum atomic E-state index is 12.3. The van der Waals surface area contributed by atoms with E-state index in [9.17, 15) is 4.79 Å². The summed E-state index contributed by atoms with van der Waals surface area (Å²) < 4.78 is 0. The summed E-state index contributed by atoms with van der Waals surface area (Å²) in [6.07, 6.45) is 6.84. The molecule has 2 aromatic carbocycles. The van der Waals surface area contributed by atoms with Crippen LogP contribution in [0.4, 0.5) is 5.69 Å². The molecule has 1 aliphatic heterocycles. The molecule has 2 nitrogen and oxygen atoms in total. The summed E-state index contributed by atoms with van der Waals surface area (Å²) in [7, 11) is 0. The number of halogens is 2. The van der Waals surface area contributed by atoms with Crippen LogP contribution in [0.25, 0.3) is 10.8 Å². The highest BCUT2D eigenvalue weighted by molar-refractivity contribution is 6.36. The summed E-state index contributed by atoms with van der Waals surface area (Å²) >= 11 is 12.6. The Morgan fingerprint density at radius 1 is 1.04 bits per heavy atom. The minimum atomic E-state index is -0.0573. The van der Waals surface area contributed by atoms with Crippen LogP contribution in [-0.2, 0) is 4.79 Å². The molecule has 0 radical (unpaired) electrons. The molecule has 1 N–H and O–H groups in total. The fraction of sp³-hybridized carbons (Fsp3) is 0.150. The van der Waals surface area contributed by atoms with Gasteiger partial charge in [-0.05, 0) is 29.0 Å². The number of anilines is 1. The summed E-state index contributed by atoms with van der Waals surface area (Å²) in [4.78, 5) is 12.3. The molecule has 0 aromatic heterocycles. The number of carbonyl (C=O) groups excluding carboxylic acids is 1. The Morgan fingerprint density at radius 2 is 1.88 bits per heavy atom. The van der Waals surface area contributed by atoms with Crippen molar-refractivity contribution in [3.8, 4) is 0 Å². The van der Waals surface area contributed by atoms with Gasteiger partial charge in [-0.2, -0.15) is 0 Å². The first-order valence-corrected chi connectivity index (χ1v) is 8.64. The number of rotatable bonds is 1. The van der Waals surface area contributed by atoms with Gasteiger partial charge in [0.05, 0.1) is 5.69 Å². The van der Waals surface area contributed by atoms with Crippen LogP contribution in [0.15, 0.2) is 70.3 Å². The van der Waals surface area contributed by atoms with Crippen molar-refractivity contribution in [2.75, 3.05) is 5.32 Å². The van der Waals surface area contributed by atoms with Crippen LogP contribution < -0.4 is 5.32 Å². The van der Waals surface area contributed by atoms with Crippen molar-refractivity contribution in [1.29, 1.82) is 0 Å². The van der Waals surface area contributed by atoms with E-state index >= 15 is 0 Å². The smallest absolute Gasteiger partial charge is 0.225 e. The molecule has 0 spiro atoms. The van der Waals surface area contributed by atoms with Crippen LogP contribution >= 0.6 is 23.2 Å². The second-order valence-corrected chi connectivity index (χ2v) is 6.88. The molecule has 2 aromatic rings. The Labute approximate surface area is 150 Å². The van der Waals surface area contributed by atoms with Crippen molar-refractivity contribution in [3.05, 3.63) is 75.8 Å². The molecular weight excluding hydrogens is 341 g/mol. The third kappa shape index (κ3) is 2.66. The number of nitrogens with one attached hydrogen (secondary N) is 1. The minimum Gasteiger partial charge on any atom is -0.325 e. The zero-order chi connectivity index (χ0) is 16.7. The van der Waals surface area contributed by atoms with Crippen molar-refractivity contribution in [1.82, 2.24) is 0 Å². The van der Waals surface area contributed by atoms with E-state index in [1.54, 1.807) is 6.08 Å². The standard InChI is InChI=1S/C20H15Cl2NO/c21-13-5-3-7-15(18(22)10-13)17-11-19(24)23-20-14-6-2-1-4-12(14)8-9-16(17)20/h1-2,4-10,17H,3,11H2,(H,23,24). The average molecular weight is 356 g/mol. The summed E-state index contributed by atoms with van der Waals surface area (Å²) in [5.74, 6) is -0.0457. The van der Waals surface area contributed by atoms with Gasteiger partial charge >= 0.3 is 0 Å². The summed E-state index contributed by atoms with van der Waals surface area (Å²) in [6.45, 7) is 0. The molecule has 0 bridgehead atoms. The van der Waals surface area contributed by atoms with Crippen LogP contribution in [0, 0.1) is 0 Å². The second kappa shape index (κ2) is 6.12. The molecule has 0 saturated carbocycles. The molecule has 1 amide bonds. The molecule has 4 rings (SSSR count). The van der Waals surface area contributed by atoms with E-state index in [2.05, 4.69) is 23.5 Å². The van der Waals surface area contributed by atoms with E-state index in [-0.39, 0.29) is 11.8 Å². The molecule has 2 aliphatic rings. The van der Waals surface area contributed by atoms with E-state index in [0.29, 0.717) is 22.9 Å². The van der Waals surface area contributed by atoms with Gasteiger partial charge in [-0.3, -0.25) is 4.79 Å².